The van der Waals surface area contributed by atoms with E-state index in [0.29, 0.717) is 13.0 Å². The third kappa shape index (κ3) is 4.76. The molecule has 0 spiro atoms. The van der Waals surface area contributed by atoms with Crippen LogP contribution in [0.2, 0.25) is 0 Å². The van der Waals surface area contributed by atoms with Gasteiger partial charge in [0.25, 0.3) is 0 Å². The average molecular weight is 288 g/mol. The highest BCUT2D eigenvalue weighted by Crippen LogP contribution is 2.20. The van der Waals surface area contributed by atoms with Gasteiger partial charge in [-0.05, 0) is 24.6 Å². The van der Waals surface area contributed by atoms with E-state index in [2.05, 4.69) is 4.72 Å². The molecule has 0 aliphatic carbocycles. The molecule has 106 valence electrons. The standard InChI is InChI=1S/C11H16N2O5S/c1-18-5-2-6-19(16,17)13-10-4-3-8(12)7-9(10)11(14)15/h3-4,7,13H,2,5-6,12H2,1H3,(H,14,15). The molecule has 4 N–H and O–H groups in total. The Hall–Kier alpha value is -1.80. The average Bonchev–Trinajstić information content (AvgIpc) is 2.31. The van der Waals surface area contributed by atoms with Crippen LogP contribution in [0.5, 0.6) is 0 Å². The van der Waals surface area contributed by atoms with Gasteiger partial charge in [-0.25, -0.2) is 13.2 Å². The second-order valence-corrected chi connectivity index (χ2v) is 5.72. The summed E-state index contributed by atoms with van der Waals surface area (Å²) in [6.45, 7) is 0.314. The summed E-state index contributed by atoms with van der Waals surface area (Å²) < 4.78 is 30.5. The summed E-state index contributed by atoms with van der Waals surface area (Å²) in [6, 6.07) is 3.96. The Labute approximate surface area is 111 Å². The molecule has 0 bridgehead atoms. The first kappa shape index (κ1) is 15.3. The fourth-order valence-electron chi connectivity index (χ4n) is 1.44. The third-order valence-corrected chi connectivity index (χ3v) is 3.66. The molecule has 0 atom stereocenters. The Kier molecular flexibility index (Phi) is 5.13. The van der Waals surface area contributed by atoms with Crippen molar-refractivity contribution >= 4 is 27.4 Å². The SMILES string of the molecule is COCCCS(=O)(=O)Nc1ccc(N)cc1C(=O)O. The first-order chi connectivity index (χ1) is 8.85. The number of carbonyl (C=O) groups is 1. The lowest BCUT2D eigenvalue weighted by Gasteiger charge is -2.10. The van der Waals surface area contributed by atoms with Crippen molar-refractivity contribution in [2.75, 3.05) is 29.9 Å². The minimum absolute atomic E-state index is 0.000818. The molecule has 7 nitrogen and oxygen atoms in total. The number of hydrogen-bond acceptors (Lipinski definition) is 5. The van der Waals surface area contributed by atoms with Gasteiger partial charge in [0, 0.05) is 19.4 Å². The van der Waals surface area contributed by atoms with Crippen LogP contribution in [0.4, 0.5) is 11.4 Å². The van der Waals surface area contributed by atoms with Crippen LogP contribution in [0.25, 0.3) is 0 Å². The summed E-state index contributed by atoms with van der Waals surface area (Å²) >= 11 is 0. The van der Waals surface area contributed by atoms with Crippen LogP contribution in [0, 0.1) is 0 Å². The predicted molar refractivity (Wildman–Crippen MR) is 71.7 cm³/mol. The van der Waals surface area contributed by atoms with Gasteiger partial charge in [0.1, 0.15) is 0 Å². The fourth-order valence-corrected chi connectivity index (χ4v) is 2.55. The third-order valence-electron chi connectivity index (χ3n) is 2.30. The van der Waals surface area contributed by atoms with Crippen molar-refractivity contribution in [1.82, 2.24) is 0 Å². The van der Waals surface area contributed by atoms with Gasteiger partial charge in [-0.3, -0.25) is 4.72 Å². The van der Waals surface area contributed by atoms with E-state index in [0.717, 1.165) is 0 Å². The number of sulfonamides is 1. The van der Waals surface area contributed by atoms with Crippen molar-refractivity contribution in [1.29, 1.82) is 0 Å². The highest BCUT2D eigenvalue weighted by molar-refractivity contribution is 7.92. The minimum Gasteiger partial charge on any atom is -0.478 e. The van der Waals surface area contributed by atoms with Gasteiger partial charge in [-0.15, -0.1) is 0 Å². The Bertz CT molecular complexity index is 556. The van der Waals surface area contributed by atoms with Crippen LogP contribution < -0.4 is 10.5 Å². The Morgan fingerprint density at radius 3 is 2.74 bits per heavy atom. The zero-order chi connectivity index (χ0) is 14.5. The maximum absolute atomic E-state index is 11.7. The number of rotatable bonds is 7. The molecule has 0 radical (unpaired) electrons. The molecule has 0 saturated carbocycles. The number of carboxylic acid groups (broad SMARTS) is 1. The molecule has 0 aromatic heterocycles. The van der Waals surface area contributed by atoms with E-state index in [1.165, 1.54) is 25.3 Å². The first-order valence-corrected chi connectivity index (χ1v) is 7.13. The minimum atomic E-state index is -3.61. The number of aromatic carboxylic acids is 1. The first-order valence-electron chi connectivity index (χ1n) is 5.48. The predicted octanol–water partition coefficient (Wildman–Crippen LogP) is 0.745. The monoisotopic (exact) mass is 288 g/mol. The van der Waals surface area contributed by atoms with Crippen LogP contribution in [0.3, 0.4) is 0 Å². The zero-order valence-corrected chi connectivity index (χ0v) is 11.2. The smallest absolute Gasteiger partial charge is 0.337 e. The molecule has 0 aliphatic rings. The van der Waals surface area contributed by atoms with Gasteiger partial charge in [0.15, 0.2) is 0 Å². The van der Waals surface area contributed by atoms with Gasteiger partial charge >= 0.3 is 5.97 Å². The zero-order valence-electron chi connectivity index (χ0n) is 10.4. The van der Waals surface area contributed by atoms with Gasteiger partial charge in [-0.1, -0.05) is 0 Å². The number of nitrogens with two attached hydrogens (primary N) is 1. The van der Waals surface area contributed by atoms with E-state index >= 15 is 0 Å². The van der Waals surface area contributed by atoms with Crippen LogP contribution in [-0.2, 0) is 14.8 Å². The van der Waals surface area contributed by atoms with Crippen molar-refractivity contribution in [2.45, 2.75) is 6.42 Å². The van der Waals surface area contributed by atoms with Gasteiger partial charge < -0.3 is 15.6 Å². The summed E-state index contributed by atoms with van der Waals surface area (Å²) in [7, 11) is -2.14. The highest BCUT2D eigenvalue weighted by atomic mass is 32.2. The molecule has 0 saturated heterocycles. The van der Waals surface area contributed by atoms with E-state index in [4.69, 9.17) is 15.6 Å². The molecule has 19 heavy (non-hydrogen) atoms. The van der Waals surface area contributed by atoms with Gasteiger partial charge in [-0.2, -0.15) is 0 Å². The molecule has 0 unspecified atom stereocenters. The summed E-state index contributed by atoms with van der Waals surface area (Å²) in [5, 5.41) is 8.99. The molecular weight excluding hydrogens is 272 g/mol. The molecule has 0 amide bonds. The molecule has 0 aliphatic heterocycles. The second-order valence-electron chi connectivity index (χ2n) is 3.88. The van der Waals surface area contributed by atoms with E-state index in [-0.39, 0.29) is 22.7 Å². The summed E-state index contributed by atoms with van der Waals surface area (Å²) in [5.74, 6) is -1.40. The molecule has 1 aromatic carbocycles. The number of nitrogens with one attached hydrogen (secondary N) is 1. The molecule has 0 fully saturated rings. The molecule has 1 aromatic rings. The number of ether oxygens (including phenoxy) is 1. The van der Waals surface area contributed by atoms with Gasteiger partial charge in [0.05, 0.1) is 17.0 Å². The van der Waals surface area contributed by atoms with Crippen molar-refractivity contribution in [2.24, 2.45) is 0 Å². The number of hydrogen-bond donors (Lipinski definition) is 3. The molecule has 0 heterocycles. The number of carboxylic acids is 1. The van der Waals surface area contributed by atoms with Crippen LogP contribution in [0.1, 0.15) is 16.8 Å². The van der Waals surface area contributed by atoms with Crippen LogP contribution >= 0.6 is 0 Å². The largest absolute Gasteiger partial charge is 0.478 e. The summed E-state index contributed by atoms with van der Waals surface area (Å²) in [5.41, 5.74) is 5.53. The molecule has 8 heteroatoms. The van der Waals surface area contributed by atoms with E-state index < -0.39 is 16.0 Å². The van der Waals surface area contributed by atoms with E-state index in [1.54, 1.807) is 0 Å². The number of benzene rings is 1. The Morgan fingerprint density at radius 1 is 1.47 bits per heavy atom. The van der Waals surface area contributed by atoms with Crippen LogP contribution in [0.15, 0.2) is 18.2 Å². The fraction of sp³-hybridized carbons (Fsp3) is 0.364. The Morgan fingerprint density at radius 2 is 2.16 bits per heavy atom. The lowest BCUT2D eigenvalue weighted by molar-refractivity contribution is 0.0698. The lowest BCUT2D eigenvalue weighted by Crippen LogP contribution is -2.19. The van der Waals surface area contributed by atoms with Crippen LogP contribution in [-0.4, -0.2) is 39.0 Å². The quantitative estimate of drug-likeness (QED) is 0.503. The lowest BCUT2D eigenvalue weighted by atomic mass is 10.1. The van der Waals surface area contributed by atoms with Crippen molar-refractivity contribution < 1.29 is 23.1 Å². The highest BCUT2D eigenvalue weighted by Gasteiger charge is 2.16. The molecular formula is C11H16N2O5S. The number of nitrogen functional groups attached to an aromatic ring is 1. The normalized spacial score (nSPS) is 11.2. The maximum atomic E-state index is 11.7. The van der Waals surface area contributed by atoms with E-state index in [1.807, 2.05) is 0 Å². The number of anilines is 2. The topological polar surface area (TPSA) is 119 Å². The summed E-state index contributed by atoms with van der Waals surface area (Å²) in [4.78, 5) is 11.0. The summed E-state index contributed by atoms with van der Waals surface area (Å²) in [6.07, 6.45) is 0.323. The maximum Gasteiger partial charge on any atom is 0.337 e. The van der Waals surface area contributed by atoms with Crippen molar-refractivity contribution in [3.05, 3.63) is 23.8 Å². The second kappa shape index (κ2) is 6.39. The number of methoxy groups -OCH3 is 1. The van der Waals surface area contributed by atoms with Crippen molar-refractivity contribution in [3.8, 4) is 0 Å². The van der Waals surface area contributed by atoms with Crippen molar-refractivity contribution in [3.63, 3.8) is 0 Å². The Balaban J connectivity index is 2.90. The van der Waals surface area contributed by atoms with E-state index in [9.17, 15) is 13.2 Å². The molecule has 1 rings (SSSR count). The van der Waals surface area contributed by atoms with Gasteiger partial charge in [0.2, 0.25) is 10.0 Å².